The minimum atomic E-state index is -3.74. The van der Waals surface area contributed by atoms with E-state index in [1.54, 1.807) is 24.3 Å². The molecule has 2 aromatic carbocycles. The van der Waals surface area contributed by atoms with Gasteiger partial charge in [-0.05, 0) is 44.0 Å². The van der Waals surface area contributed by atoms with Gasteiger partial charge in [0.2, 0.25) is 21.8 Å². The normalized spacial score (nSPS) is 12.2. The zero-order valence-corrected chi connectivity index (χ0v) is 21.2. The van der Waals surface area contributed by atoms with E-state index in [-0.39, 0.29) is 12.5 Å². The number of benzene rings is 2. The molecule has 1 atom stereocenters. The third-order valence-corrected chi connectivity index (χ3v) is 6.58. The highest BCUT2D eigenvalue weighted by Gasteiger charge is 2.31. The summed E-state index contributed by atoms with van der Waals surface area (Å²) in [6.45, 7) is 5.84. The Kier molecular flexibility index (Phi) is 9.27. The Morgan fingerprint density at radius 1 is 1.09 bits per heavy atom. The first-order chi connectivity index (χ1) is 15.1. The number of hydrogen-bond donors (Lipinski definition) is 1. The van der Waals surface area contributed by atoms with Crippen LogP contribution in [0, 0.1) is 6.92 Å². The average molecular weight is 524 g/mol. The zero-order valence-electron chi connectivity index (χ0n) is 18.8. The number of anilines is 1. The molecule has 1 N–H and O–H groups in total. The van der Waals surface area contributed by atoms with E-state index in [9.17, 15) is 18.0 Å². The summed E-state index contributed by atoms with van der Waals surface area (Å²) in [6, 6.07) is 13.7. The van der Waals surface area contributed by atoms with Gasteiger partial charge in [0.25, 0.3) is 0 Å². The van der Waals surface area contributed by atoms with Gasteiger partial charge >= 0.3 is 0 Å². The van der Waals surface area contributed by atoms with E-state index < -0.39 is 28.5 Å². The SMILES string of the molecule is CCNC(=O)C(CC)N(Cc1cccc(C)c1)C(=O)CN(c1cccc(Br)c1)S(C)(=O)=O. The lowest BCUT2D eigenvalue weighted by atomic mass is 10.1. The molecule has 0 aromatic heterocycles. The van der Waals surface area contributed by atoms with Gasteiger partial charge in [-0.3, -0.25) is 13.9 Å². The van der Waals surface area contributed by atoms with Crippen LogP contribution in [0.3, 0.4) is 0 Å². The molecule has 0 aliphatic carbocycles. The quantitative estimate of drug-likeness (QED) is 0.516. The van der Waals surface area contributed by atoms with Crippen molar-refractivity contribution < 1.29 is 18.0 Å². The van der Waals surface area contributed by atoms with Gasteiger partial charge in [0, 0.05) is 17.6 Å². The lowest BCUT2D eigenvalue weighted by molar-refractivity contribution is -0.140. The van der Waals surface area contributed by atoms with Crippen LogP contribution in [0.1, 0.15) is 31.4 Å². The molecule has 32 heavy (non-hydrogen) atoms. The van der Waals surface area contributed by atoms with E-state index >= 15 is 0 Å². The summed E-state index contributed by atoms with van der Waals surface area (Å²) < 4.78 is 26.8. The number of halogens is 1. The summed E-state index contributed by atoms with van der Waals surface area (Å²) in [6.07, 6.45) is 1.46. The van der Waals surface area contributed by atoms with E-state index in [4.69, 9.17) is 0 Å². The Bertz CT molecular complexity index is 1060. The van der Waals surface area contributed by atoms with Gasteiger partial charge in [0.1, 0.15) is 12.6 Å². The molecule has 7 nitrogen and oxygen atoms in total. The molecule has 1 unspecified atom stereocenters. The average Bonchev–Trinajstić information content (AvgIpc) is 2.71. The number of carbonyl (C=O) groups excluding carboxylic acids is 2. The highest BCUT2D eigenvalue weighted by atomic mass is 79.9. The summed E-state index contributed by atoms with van der Waals surface area (Å²) in [4.78, 5) is 27.7. The lowest BCUT2D eigenvalue weighted by Crippen LogP contribution is -2.52. The molecular weight excluding hydrogens is 494 g/mol. The Morgan fingerprint density at radius 3 is 2.34 bits per heavy atom. The standard InChI is InChI=1S/C23H30BrN3O4S/c1-5-21(23(29)25-6-2)26(15-18-10-7-9-17(3)13-18)22(28)16-27(32(4,30)31)20-12-8-11-19(24)14-20/h7-14,21H,5-6,15-16H2,1-4H3,(H,25,29). The fraction of sp³-hybridized carbons (Fsp3) is 0.391. The predicted octanol–water partition coefficient (Wildman–Crippen LogP) is 3.47. The first-order valence-corrected chi connectivity index (χ1v) is 13.1. The first kappa shape index (κ1) is 25.9. The van der Waals surface area contributed by atoms with Crippen molar-refractivity contribution in [1.29, 1.82) is 0 Å². The molecule has 0 bridgehead atoms. The van der Waals surface area contributed by atoms with Crippen LogP contribution in [0.5, 0.6) is 0 Å². The van der Waals surface area contributed by atoms with Crippen molar-refractivity contribution in [2.75, 3.05) is 23.7 Å². The van der Waals surface area contributed by atoms with Gasteiger partial charge in [-0.15, -0.1) is 0 Å². The van der Waals surface area contributed by atoms with Gasteiger partial charge in [-0.1, -0.05) is 58.7 Å². The smallest absolute Gasteiger partial charge is 0.244 e. The van der Waals surface area contributed by atoms with Crippen LogP contribution < -0.4 is 9.62 Å². The highest BCUT2D eigenvalue weighted by molar-refractivity contribution is 9.10. The molecule has 9 heteroatoms. The molecule has 0 saturated heterocycles. The van der Waals surface area contributed by atoms with Crippen LogP contribution in [-0.2, 0) is 26.2 Å². The molecule has 2 amide bonds. The Hall–Kier alpha value is -2.39. The molecular formula is C23H30BrN3O4S. The molecule has 0 aliphatic rings. The second-order valence-corrected chi connectivity index (χ2v) is 10.4. The number of nitrogens with zero attached hydrogens (tertiary/aromatic N) is 2. The number of sulfonamides is 1. The Morgan fingerprint density at radius 2 is 1.78 bits per heavy atom. The maximum absolute atomic E-state index is 13.5. The predicted molar refractivity (Wildman–Crippen MR) is 131 cm³/mol. The molecule has 0 fully saturated rings. The van der Waals surface area contributed by atoms with Gasteiger partial charge in [-0.2, -0.15) is 0 Å². The summed E-state index contributed by atoms with van der Waals surface area (Å²) >= 11 is 3.34. The maximum atomic E-state index is 13.5. The van der Waals surface area contributed by atoms with Crippen LogP contribution in [0.2, 0.25) is 0 Å². The van der Waals surface area contributed by atoms with Gasteiger partial charge in [0.05, 0.1) is 11.9 Å². The summed E-state index contributed by atoms with van der Waals surface area (Å²) in [5, 5.41) is 2.78. The van der Waals surface area contributed by atoms with E-state index in [1.165, 1.54) is 4.90 Å². The number of aryl methyl sites for hydroxylation is 1. The van der Waals surface area contributed by atoms with Crippen LogP contribution in [0.15, 0.2) is 53.0 Å². The van der Waals surface area contributed by atoms with Crippen molar-refractivity contribution >= 4 is 43.5 Å². The number of likely N-dealkylation sites (N-methyl/N-ethyl adjacent to an activating group) is 1. The van der Waals surface area contributed by atoms with Crippen molar-refractivity contribution in [1.82, 2.24) is 10.2 Å². The number of nitrogens with one attached hydrogen (secondary N) is 1. The number of hydrogen-bond acceptors (Lipinski definition) is 4. The topological polar surface area (TPSA) is 86.8 Å². The monoisotopic (exact) mass is 523 g/mol. The largest absolute Gasteiger partial charge is 0.355 e. The summed E-state index contributed by atoms with van der Waals surface area (Å²) in [5.41, 5.74) is 2.28. The third-order valence-electron chi connectivity index (χ3n) is 4.95. The molecule has 0 heterocycles. The van der Waals surface area contributed by atoms with Gasteiger partial charge < -0.3 is 10.2 Å². The van der Waals surface area contributed by atoms with Crippen LogP contribution in [0.25, 0.3) is 0 Å². The molecule has 0 radical (unpaired) electrons. The van der Waals surface area contributed by atoms with Gasteiger partial charge in [-0.25, -0.2) is 8.42 Å². The molecule has 0 aliphatic heterocycles. The summed E-state index contributed by atoms with van der Waals surface area (Å²) in [7, 11) is -3.74. The van der Waals surface area contributed by atoms with Crippen molar-refractivity contribution in [3.8, 4) is 0 Å². The molecule has 174 valence electrons. The minimum Gasteiger partial charge on any atom is -0.355 e. The number of amides is 2. The lowest BCUT2D eigenvalue weighted by Gasteiger charge is -2.32. The maximum Gasteiger partial charge on any atom is 0.244 e. The minimum absolute atomic E-state index is 0.201. The molecule has 0 saturated carbocycles. The van der Waals surface area contributed by atoms with Crippen LogP contribution >= 0.6 is 15.9 Å². The second kappa shape index (κ2) is 11.5. The molecule has 0 spiro atoms. The van der Waals surface area contributed by atoms with E-state index in [0.29, 0.717) is 23.1 Å². The molecule has 2 aromatic rings. The summed E-state index contributed by atoms with van der Waals surface area (Å²) in [5.74, 6) is -0.709. The zero-order chi connectivity index (χ0) is 23.9. The highest BCUT2D eigenvalue weighted by Crippen LogP contribution is 2.23. The van der Waals surface area contributed by atoms with Crippen LogP contribution in [-0.4, -0.2) is 50.5 Å². The third kappa shape index (κ3) is 7.06. The van der Waals surface area contributed by atoms with Crippen molar-refractivity contribution in [3.63, 3.8) is 0 Å². The van der Waals surface area contributed by atoms with Crippen molar-refractivity contribution in [2.24, 2.45) is 0 Å². The van der Waals surface area contributed by atoms with E-state index in [1.807, 2.05) is 45.0 Å². The second-order valence-electron chi connectivity index (χ2n) is 7.58. The Labute approximate surface area is 199 Å². The number of rotatable bonds is 10. The number of carbonyl (C=O) groups is 2. The Balaban J connectivity index is 2.43. The van der Waals surface area contributed by atoms with Crippen LogP contribution in [0.4, 0.5) is 5.69 Å². The van der Waals surface area contributed by atoms with Crippen molar-refractivity contribution in [2.45, 2.75) is 39.8 Å². The fourth-order valence-corrected chi connectivity index (χ4v) is 4.69. The first-order valence-electron chi connectivity index (χ1n) is 10.4. The van der Waals surface area contributed by atoms with E-state index in [0.717, 1.165) is 21.7 Å². The van der Waals surface area contributed by atoms with E-state index in [2.05, 4.69) is 21.2 Å². The molecule has 2 rings (SSSR count). The van der Waals surface area contributed by atoms with Gasteiger partial charge in [0.15, 0.2) is 0 Å². The fourth-order valence-electron chi connectivity index (χ4n) is 3.46. The van der Waals surface area contributed by atoms with Crippen molar-refractivity contribution in [3.05, 3.63) is 64.1 Å².